The van der Waals surface area contributed by atoms with Crippen LogP contribution in [-0.2, 0) is 27.0 Å². The van der Waals surface area contributed by atoms with Gasteiger partial charge >= 0.3 is 21.7 Å². The number of aliphatic hydroxyl groups excluding tert-OH is 2. The Kier molecular flexibility index (Phi) is 6.81. The van der Waals surface area contributed by atoms with E-state index in [0.29, 0.717) is 5.57 Å². The van der Waals surface area contributed by atoms with E-state index in [9.17, 15) is 29.0 Å². The molecule has 3 aliphatic heterocycles. The van der Waals surface area contributed by atoms with Gasteiger partial charge < -0.3 is 40.3 Å². The van der Waals surface area contributed by atoms with Gasteiger partial charge in [-0.2, -0.15) is 4.31 Å². The highest BCUT2D eigenvalue weighted by atomic mass is 31.3. The third-order valence-electron chi connectivity index (χ3n) is 4.04. The Morgan fingerprint density at radius 1 is 1.24 bits per heavy atom. The van der Waals surface area contributed by atoms with Gasteiger partial charge in [0.05, 0.1) is 6.61 Å². The number of nitrogens with one attached hydrogen (secondary N) is 2. The van der Waals surface area contributed by atoms with E-state index in [0.717, 1.165) is 4.90 Å². The first-order valence-electron chi connectivity index (χ1n) is 7.87. The summed E-state index contributed by atoms with van der Waals surface area (Å²) >= 11 is 0. The minimum absolute atomic E-state index is 0.435. The lowest BCUT2D eigenvalue weighted by Crippen LogP contribution is -2.56. The maximum absolute atomic E-state index is 12.2. The Balaban J connectivity index is 1.63. The molecule has 2 amide bonds. The second kappa shape index (κ2) is 8.67. The van der Waals surface area contributed by atoms with Crippen molar-refractivity contribution in [1.82, 2.24) is 15.5 Å². The van der Waals surface area contributed by atoms with Crippen molar-refractivity contribution < 1.29 is 56.7 Å². The molecule has 0 spiro atoms. The van der Waals surface area contributed by atoms with E-state index in [4.69, 9.17) is 14.5 Å². The van der Waals surface area contributed by atoms with Crippen molar-refractivity contribution in [3.05, 3.63) is 24.0 Å². The summed E-state index contributed by atoms with van der Waals surface area (Å²) in [5, 5.41) is 25.8. The molecule has 18 heteroatoms. The van der Waals surface area contributed by atoms with Crippen molar-refractivity contribution in [2.45, 2.75) is 30.7 Å². The molecule has 164 valence electrons. The highest BCUT2D eigenvalue weighted by Gasteiger charge is 2.49. The molecule has 0 aliphatic carbocycles. The van der Waals surface area contributed by atoms with Crippen LogP contribution in [0.3, 0.4) is 0 Å². The van der Waals surface area contributed by atoms with Crippen molar-refractivity contribution in [2.24, 2.45) is 0 Å². The van der Waals surface area contributed by atoms with Gasteiger partial charge in [-0.25, -0.2) is 18.2 Å². The van der Waals surface area contributed by atoms with Crippen LogP contribution in [0.25, 0.3) is 0 Å². The van der Waals surface area contributed by atoms with Crippen molar-refractivity contribution in [1.29, 1.82) is 0 Å². The molecular weight excluding hydrogens is 459 g/mol. The molecule has 0 aromatic heterocycles. The van der Waals surface area contributed by atoms with E-state index in [1.54, 1.807) is 12.3 Å². The van der Waals surface area contributed by atoms with Gasteiger partial charge in [0.25, 0.3) is 0 Å². The third-order valence-corrected chi connectivity index (χ3v) is 7.41. The number of carbonyl (C=O) groups excluding carboxylic acids is 1. The summed E-state index contributed by atoms with van der Waals surface area (Å²) < 4.78 is 40.7. The first kappa shape index (κ1) is 22.8. The van der Waals surface area contributed by atoms with Gasteiger partial charge in [-0.3, -0.25) is 9.42 Å². The van der Waals surface area contributed by atoms with Crippen molar-refractivity contribution in [2.75, 3.05) is 6.61 Å². The monoisotopic (exact) mass is 477 g/mol. The first-order chi connectivity index (χ1) is 13.5. The number of carbonyl (C=O) groups is 1. The lowest BCUT2D eigenvalue weighted by molar-refractivity contribution is -0.0657. The molecule has 3 heterocycles. The summed E-state index contributed by atoms with van der Waals surface area (Å²) in [4.78, 5) is 40.3. The molecule has 1 saturated heterocycles. The molecule has 0 radical (unpaired) electrons. The summed E-state index contributed by atoms with van der Waals surface area (Å²) in [6, 6.07) is -0.632. The van der Waals surface area contributed by atoms with Gasteiger partial charge in [0, 0.05) is 11.8 Å². The minimum Gasteiger partial charge on any atom is -0.387 e. The van der Waals surface area contributed by atoms with Crippen LogP contribution in [0.1, 0.15) is 0 Å². The fourth-order valence-corrected chi connectivity index (χ4v) is 5.18. The van der Waals surface area contributed by atoms with Gasteiger partial charge in [0.2, 0.25) is 0 Å². The number of phosphoric ester groups is 1. The molecule has 7 N–H and O–H groups in total. The van der Waals surface area contributed by atoms with Crippen LogP contribution < -0.4 is 10.6 Å². The summed E-state index contributed by atoms with van der Waals surface area (Å²) in [6.07, 6.45) is -1.70. The number of rotatable bonds is 8. The summed E-state index contributed by atoms with van der Waals surface area (Å²) in [6.45, 7) is -0.847. The van der Waals surface area contributed by atoms with Gasteiger partial charge in [-0.05, 0) is 12.3 Å². The lowest BCUT2D eigenvalue weighted by Gasteiger charge is -2.33. The largest absolute Gasteiger partial charge is 0.486 e. The zero-order chi connectivity index (χ0) is 21.4. The van der Waals surface area contributed by atoms with E-state index in [2.05, 4.69) is 23.8 Å². The van der Waals surface area contributed by atoms with Gasteiger partial charge in [0.15, 0.2) is 15.3 Å². The van der Waals surface area contributed by atoms with Gasteiger partial charge in [0.1, 0.15) is 24.5 Å². The summed E-state index contributed by atoms with van der Waals surface area (Å²) in [7, 11) is -11.7. The van der Waals surface area contributed by atoms with Crippen LogP contribution in [0, 0.1) is 0 Å². The lowest BCUT2D eigenvalue weighted by atomic mass is 10.1. The smallest absolute Gasteiger partial charge is 0.387 e. The van der Waals surface area contributed by atoms with E-state index < -0.39 is 68.0 Å². The Morgan fingerprint density at radius 3 is 2.66 bits per heavy atom. The number of phosphoric acid groups is 2. The number of amides is 2. The van der Waals surface area contributed by atoms with Crippen molar-refractivity contribution in [3.8, 4) is 0 Å². The molecule has 0 aromatic carbocycles. The van der Waals surface area contributed by atoms with E-state index >= 15 is 0 Å². The molecule has 3 rings (SSSR count). The van der Waals surface area contributed by atoms with E-state index in [1.807, 2.05) is 0 Å². The quantitative estimate of drug-likeness (QED) is 0.199. The van der Waals surface area contributed by atoms with Crippen molar-refractivity contribution in [3.63, 3.8) is 0 Å². The van der Waals surface area contributed by atoms with Crippen LogP contribution >= 0.6 is 24.7 Å². The Labute approximate surface area is 165 Å². The number of nitrogens with zero attached hydrogens (tertiary/aromatic N) is 1. The average Bonchev–Trinajstić information content (AvgIpc) is 3.16. The molecule has 15 nitrogen and oxygen atoms in total. The average molecular weight is 477 g/mol. The number of ether oxygens (including phenoxy) is 1. The maximum atomic E-state index is 12.2. The Hall–Kier alpha value is -0.920. The molecule has 0 bridgehead atoms. The molecule has 1 fully saturated rings. The topological polar surface area (TPSA) is 217 Å². The molecule has 29 heavy (non-hydrogen) atoms. The second-order valence-electron chi connectivity index (χ2n) is 5.96. The summed E-state index contributed by atoms with van der Waals surface area (Å²) in [5.41, 5.74) is 0.658. The number of urea groups is 1. The van der Waals surface area contributed by atoms with Crippen LogP contribution in [0.2, 0.25) is 0 Å². The number of hydrogen-bond donors (Lipinski definition) is 7. The van der Waals surface area contributed by atoms with Crippen LogP contribution in [0.5, 0.6) is 0 Å². The minimum atomic E-state index is -5.16. The van der Waals surface area contributed by atoms with E-state index in [1.165, 1.54) is 6.20 Å². The van der Waals surface area contributed by atoms with E-state index in [-0.39, 0.29) is 0 Å². The second-order valence-corrected chi connectivity index (χ2v) is 9.66. The number of hydrogen-bond acceptors (Lipinski definition) is 11. The van der Waals surface area contributed by atoms with Crippen LogP contribution in [-0.4, -0.2) is 73.1 Å². The zero-order valence-corrected chi connectivity index (χ0v) is 17.1. The SMILES string of the molecule is O=C1NC2NC=CC2=CN1C1OC(COP(=O)(O)OP(=O)(O)OPO)C(O)C1O. The number of aliphatic hydroxyl groups is 2. The normalized spacial score (nSPS) is 35.8. The van der Waals surface area contributed by atoms with Gasteiger partial charge in [-0.15, -0.1) is 0 Å². The molecule has 8 unspecified atom stereocenters. The highest BCUT2D eigenvalue weighted by molar-refractivity contribution is 7.63. The molecule has 0 saturated carbocycles. The first-order valence-corrected chi connectivity index (χ1v) is 11.7. The van der Waals surface area contributed by atoms with Crippen LogP contribution in [0.15, 0.2) is 24.0 Å². The molecule has 8 atom stereocenters. The Morgan fingerprint density at radius 2 is 1.97 bits per heavy atom. The molecular formula is C11H18N3O12P3. The standard InChI is InChI=1S/C11H18N3O12P3/c15-7-6(4-23-28(19,20)26-29(21,22)25-27-18)24-10(8(7)16)14-3-5-1-2-12-9(5)13-11(14)17/h1-3,6-10,12,15-16,18,27H,4H2,(H,13,17)(H,19,20)(H,21,22). The molecule has 0 aromatic rings. The highest BCUT2D eigenvalue weighted by Crippen LogP contribution is 2.62. The summed E-state index contributed by atoms with van der Waals surface area (Å²) in [5.74, 6) is 0. The fourth-order valence-electron chi connectivity index (χ4n) is 2.77. The zero-order valence-electron chi connectivity index (χ0n) is 14.3. The fraction of sp³-hybridized carbons (Fsp3) is 0.545. The Bertz CT molecular complexity index is 807. The number of fused-ring (bicyclic) bond motifs is 1. The van der Waals surface area contributed by atoms with Crippen LogP contribution in [0.4, 0.5) is 4.79 Å². The predicted octanol–water partition coefficient (Wildman–Crippen LogP) is -1.46. The van der Waals surface area contributed by atoms with Gasteiger partial charge in [-0.1, -0.05) is 0 Å². The molecule has 3 aliphatic rings. The van der Waals surface area contributed by atoms with Crippen molar-refractivity contribution >= 4 is 30.7 Å². The third kappa shape index (κ3) is 5.23. The predicted molar refractivity (Wildman–Crippen MR) is 93.5 cm³/mol. The maximum Gasteiger partial charge on any atom is 0.486 e.